The highest BCUT2D eigenvalue weighted by molar-refractivity contribution is 5.04. The average molecular weight is 1340 g/mol. The molecule has 22 atom stereocenters. The molecule has 0 heteroatoms. The number of hydrogen-bond donors (Lipinski definition) is 0. The fourth-order valence-electron chi connectivity index (χ4n) is 30.0. The minimum Gasteiger partial charge on any atom is -0.0656 e. The maximum Gasteiger partial charge on any atom is -0.0349 e. The van der Waals surface area contributed by atoms with Crippen LogP contribution in [0, 0.1) is 160 Å². The maximum atomic E-state index is 2.62. The molecule has 0 heterocycles. The summed E-state index contributed by atoms with van der Waals surface area (Å²) in [5.74, 6) is 31.0. The molecule has 0 aromatic rings. The molecule has 0 aromatic heterocycles. The molecule has 17 saturated carbocycles. The zero-order valence-electron chi connectivity index (χ0n) is 67.7. The van der Waals surface area contributed by atoms with Crippen molar-refractivity contribution in [2.45, 2.75) is 454 Å². The molecule has 0 spiro atoms. The first-order valence-electron chi connectivity index (χ1n) is 47.8. The molecule has 0 nitrogen and oxygen atoms in total. The van der Waals surface area contributed by atoms with Gasteiger partial charge in [0.15, 0.2) is 0 Å². The summed E-state index contributed by atoms with van der Waals surface area (Å²) in [5, 5.41) is 0. The van der Waals surface area contributed by atoms with E-state index in [2.05, 4.69) is 62.3 Å². The Morgan fingerprint density at radius 2 is 0.412 bits per heavy atom. The third-order valence-electron chi connectivity index (χ3n) is 33.7. The van der Waals surface area contributed by atoms with Crippen LogP contribution in [-0.4, -0.2) is 0 Å². The van der Waals surface area contributed by atoms with Gasteiger partial charge in [-0.05, 0) is 333 Å². The van der Waals surface area contributed by atoms with Gasteiger partial charge < -0.3 is 0 Å². The Kier molecular flexibility index (Phi) is 35.2. The lowest BCUT2D eigenvalue weighted by atomic mass is 9.72. The largest absolute Gasteiger partial charge is 0.0656 e. The molecule has 22 unspecified atom stereocenters. The molecule has 17 fully saturated rings. The van der Waals surface area contributed by atoms with Crippen molar-refractivity contribution in [1.82, 2.24) is 0 Å². The predicted molar refractivity (Wildman–Crippen MR) is 427 cm³/mol. The average Bonchev–Trinajstić information content (AvgIpc) is 1.63. The Morgan fingerprint density at radius 3 is 0.711 bits per heavy atom. The second kappa shape index (κ2) is 43.0. The molecule has 97 heavy (non-hydrogen) atoms. The van der Waals surface area contributed by atoms with E-state index >= 15 is 0 Å². The molecule has 0 aromatic carbocycles. The summed E-state index contributed by atoms with van der Waals surface area (Å²) < 4.78 is 0. The highest BCUT2D eigenvalue weighted by Gasteiger charge is 2.54. The third-order valence-corrected chi connectivity index (χ3v) is 33.7. The lowest BCUT2D eigenvalue weighted by Gasteiger charge is -2.33. The van der Waals surface area contributed by atoms with Gasteiger partial charge in [0, 0.05) is 0 Å². The monoisotopic (exact) mass is 1340 g/mol. The zero-order valence-corrected chi connectivity index (χ0v) is 67.7. The van der Waals surface area contributed by atoms with Crippen LogP contribution in [0.15, 0.2) is 0 Å². The van der Waals surface area contributed by atoms with E-state index in [0.717, 1.165) is 124 Å². The molecule has 0 saturated heterocycles. The molecule has 0 aliphatic heterocycles. The summed E-state index contributed by atoms with van der Waals surface area (Å²) in [6.45, 7) is 19.6. The molecule has 0 bridgehead atoms. The van der Waals surface area contributed by atoms with Crippen LogP contribution in [0.25, 0.3) is 0 Å². The van der Waals surface area contributed by atoms with Crippen molar-refractivity contribution in [2.24, 2.45) is 160 Å². The van der Waals surface area contributed by atoms with Crippen LogP contribution >= 0.6 is 0 Å². The van der Waals surface area contributed by atoms with Crippen molar-refractivity contribution in [3.05, 3.63) is 0 Å². The lowest BCUT2D eigenvalue weighted by Crippen LogP contribution is -2.24. The Bertz CT molecular complexity index is 1910. The molecule has 17 aliphatic rings. The van der Waals surface area contributed by atoms with Gasteiger partial charge in [-0.2, -0.15) is 0 Å². The van der Waals surface area contributed by atoms with Gasteiger partial charge in [0.25, 0.3) is 0 Å². The van der Waals surface area contributed by atoms with Gasteiger partial charge >= 0.3 is 0 Å². The maximum absolute atomic E-state index is 2.62. The zero-order chi connectivity index (χ0) is 67.7. The molecule has 0 radical (unpaired) electrons. The lowest BCUT2D eigenvalue weighted by molar-refractivity contribution is 0.166. The summed E-state index contributed by atoms with van der Waals surface area (Å²) >= 11 is 0. The Hall–Kier alpha value is 0. The summed E-state index contributed by atoms with van der Waals surface area (Å²) in [6, 6.07) is 0. The van der Waals surface area contributed by atoms with Crippen LogP contribution in [-0.2, 0) is 0 Å². The SMILES string of the molecule is C1CCC(CCC2C3CCCCC3C3CCCCC32)C1.C1CCC2C(C1)CCC2CCC1C2CCCCC2C2CCCCC21.C1CCC2C(C1)CCC2CCC1CCC2CCCCC21.CC(CC1C2CCCCC2C2CCCCC21)C1CCCC1.CCC.CCC.CCC.CCC. The van der Waals surface area contributed by atoms with Gasteiger partial charge in [-0.25, -0.2) is 0 Å². The first kappa shape index (κ1) is 79.6. The summed E-state index contributed by atoms with van der Waals surface area (Å²) in [6.07, 6.45) is 94.9. The molecule has 17 aliphatic carbocycles. The minimum atomic E-state index is 1.03. The van der Waals surface area contributed by atoms with Gasteiger partial charge in [-0.1, -0.05) is 281 Å². The van der Waals surface area contributed by atoms with Crippen LogP contribution in [0.2, 0.25) is 0 Å². The highest BCUT2D eigenvalue weighted by Crippen LogP contribution is 2.63. The van der Waals surface area contributed by atoms with E-state index in [1.54, 1.807) is 340 Å². The number of hydrogen-bond acceptors (Lipinski definition) is 0. The molecular formula is C97H176. The second-order valence-electron chi connectivity index (χ2n) is 39.8. The molecule has 564 valence electrons. The minimum absolute atomic E-state index is 1.03. The van der Waals surface area contributed by atoms with Crippen LogP contribution in [0.5, 0.6) is 0 Å². The topological polar surface area (TPSA) is 0 Å². The number of fused-ring (bicyclic) bond motifs is 12. The second-order valence-corrected chi connectivity index (χ2v) is 39.8. The summed E-state index contributed by atoms with van der Waals surface area (Å²) in [7, 11) is 0. The van der Waals surface area contributed by atoms with E-state index in [0.29, 0.717) is 0 Å². The third kappa shape index (κ3) is 21.4. The fourth-order valence-corrected chi connectivity index (χ4v) is 30.0. The van der Waals surface area contributed by atoms with Gasteiger partial charge in [-0.15, -0.1) is 0 Å². The normalized spacial score (nSPS) is 42.4. The van der Waals surface area contributed by atoms with Crippen molar-refractivity contribution < 1.29 is 0 Å². The van der Waals surface area contributed by atoms with E-state index in [-0.39, 0.29) is 0 Å². The fraction of sp³-hybridized carbons (Fsp3) is 1.00. The van der Waals surface area contributed by atoms with Crippen LogP contribution < -0.4 is 0 Å². The smallest absolute Gasteiger partial charge is 0.0349 e. The molecular weight excluding hydrogens is 1170 g/mol. The van der Waals surface area contributed by atoms with E-state index in [1.165, 1.54) is 86.9 Å². The van der Waals surface area contributed by atoms with Crippen LogP contribution in [0.1, 0.15) is 454 Å². The molecule has 0 amide bonds. The molecule has 0 N–H and O–H groups in total. The van der Waals surface area contributed by atoms with Crippen molar-refractivity contribution >= 4 is 0 Å². The van der Waals surface area contributed by atoms with E-state index < -0.39 is 0 Å². The van der Waals surface area contributed by atoms with Crippen LogP contribution in [0.3, 0.4) is 0 Å². The Labute approximate surface area is 610 Å². The van der Waals surface area contributed by atoms with E-state index in [9.17, 15) is 0 Å². The summed E-state index contributed by atoms with van der Waals surface area (Å²) in [4.78, 5) is 0. The van der Waals surface area contributed by atoms with Gasteiger partial charge in [0.2, 0.25) is 0 Å². The van der Waals surface area contributed by atoms with Gasteiger partial charge in [0.05, 0.1) is 0 Å². The first-order chi connectivity index (χ1) is 47.8. The Morgan fingerprint density at radius 1 is 0.196 bits per heavy atom. The van der Waals surface area contributed by atoms with E-state index in [1.807, 2.05) is 0 Å². The molecule has 17 rings (SSSR count). The van der Waals surface area contributed by atoms with Crippen molar-refractivity contribution in [2.75, 3.05) is 0 Å². The quantitative estimate of drug-likeness (QED) is 0.183. The van der Waals surface area contributed by atoms with Crippen LogP contribution in [0.4, 0.5) is 0 Å². The number of rotatable bonds is 12. The van der Waals surface area contributed by atoms with Crippen molar-refractivity contribution in [3.63, 3.8) is 0 Å². The first-order valence-corrected chi connectivity index (χ1v) is 47.8. The predicted octanol–water partition coefficient (Wildman–Crippen LogP) is 31.7. The van der Waals surface area contributed by atoms with Gasteiger partial charge in [0.1, 0.15) is 0 Å². The standard InChI is InChI=1S/C24H40.C21H36.2C20H34.4C3H8/c1-2-8-19-17(7-1)13-14-18(19)15-16-24-22-11-5-3-9-20(22)21-10-4-6-12-23(21)24;1-15(16-8-2-3-9-16)14-21-19-12-6-4-10-17(19)18-11-5-7-13-20(18)21;1-3-7-19-15(5-1)9-11-17(19)13-14-18-12-10-16-6-2-4-8-20(16)18;1-2-8-15(7-1)13-14-20-18-11-5-3-9-16(18)17-10-4-6-12-19(17)20;4*1-3-2/h17-24H,1-16H2;15-21H,2-14H2,1H3;2*15-20H,1-14H2;4*3H2,1-2H3. The Balaban J connectivity index is 0.000000133. The summed E-state index contributed by atoms with van der Waals surface area (Å²) in [5.41, 5.74) is 0. The highest BCUT2D eigenvalue weighted by atomic mass is 14.6. The van der Waals surface area contributed by atoms with E-state index in [4.69, 9.17) is 0 Å². The van der Waals surface area contributed by atoms with Gasteiger partial charge in [-0.3, -0.25) is 0 Å². The van der Waals surface area contributed by atoms with Crippen molar-refractivity contribution in [1.29, 1.82) is 0 Å². The van der Waals surface area contributed by atoms with Crippen molar-refractivity contribution in [3.8, 4) is 0 Å².